The van der Waals surface area contributed by atoms with Gasteiger partial charge in [0.25, 0.3) is 0 Å². The van der Waals surface area contributed by atoms with Crippen molar-refractivity contribution in [3.63, 3.8) is 0 Å². The van der Waals surface area contributed by atoms with Gasteiger partial charge in [-0.3, -0.25) is 19.6 Å². The molecule has 0 radical (unpaired) electrons. The summed E-state index contributed by atoms with van der Waals surface area (Å²) in [5, 5.41) is 12.7. The number of amides is 2. The Kier molecular flexibility index (Phi) is 8.56. The number of rotatable bonds is 10. The highest BCUT2D eigenvalue weighted by Crippen LogP contribution is 2.24. The molecule has 2 atom stereocenters. The van der Waals surface area contributed by atoms with Crippen LogP contribution in [0.2, 0.25) is 0 Å². The van der Waals surface area contributed by atoms with Crippen LogP contribution in [-0.2, 0) is 9.59 Å². The molecule has 2 N–H and O–H groups in total. The predicted octanol–water partition coefficient (Wildman–Crippen LogP) is 3.19. The van der Waals surface area contributed by atoms with E-state index >= 15 is 0 Å². The Hall–Kier alpha value is -2.28. The van der Waals surface area contributed by atoms with Gasteiger partial charge in [-0.15, -0.1) is 0 Å². The van der Waals surface area contributed by atoms with Gasteiger partial charge in [-0.25, -0.2) is 9.45 Å². The van der Waals surface area contributed by atoms with E-state index in [-0.39, 0.29) is 18.7 Å². The van der Waals surface area contributed by atoms with Crippen molar-refractivity contribution in [3.05, 3.63) is 35.6 Å². The number of carbonyl (C=O) groups excluding carboxylic acids is 3. The number of nitrogens with zero attached hydrogens (tertiary/aromatic N) is 1. The van der Waals surface area contributed by atoms with E-state index < -0.39 is 29.1 Å². The van der Waals surface area contributed by atoms with Gasteiger partial charge in [0.15, 0.2) is 5.78 Å². The Morgan fingerprint density at radius 3 is 2.33 bits per heavy atom. The van der Waals surface area contributed by atoms with Gasteiger partial charge in [0.05, 0.1) is 18.5 Å². The van der Waals surface area contributed by atoms with Crippen molar-refractivity contribution in [3.8, 4) is 0 Å². The summed E-state index contributed by atoms with van der Waals surface area (Å²) in [7, 11) is 0. The van der Waals surface area contributed by atoms with Gasteiger partial charge in [-0.2, -0.15) is 0 Å². The fourth-order valence-electron chi connectivity index (χ4n) is 2.74. The molecule has 0 aliphatic rings. The van der Waals surface area contributed by atoms with Crippen molar-refractivity contribution in [2.75, 3.05) is 6.54 Å². The number of nitrogens with one attached hydrogen (secondary N) is 1. The molecule has 1 rings (SSSR count). The molecule has 2 amide bonds. The highest BCUT2D eigenvalue weighted by atomic mass is 19.1. The molecule has 27 heavy (non-hydrogen) atoms. The van der Waals surface area contributed by atoms with E-state index in [1.54, 1.807) is 0 Å². The Morgan fingerprint density at radius 2 is 1.85 bits per heavy atom. The Bertz CT molecular complexity index is 640. The molecule has 1 aromatic carbocycles. The van der Waals surface area contributed by atoms with Gasteiger partial charge in [0.1, 0.15) is 5.82 Å². The molecule has 1 aromatic rings. The second-order valence-corrected chi connectivity index (χ2v) is 7.75. The quantitative estimate of drug-likeness (QED) is 0.282. The summed E-state index contributed by atoms with van der Waals surface area (Å²) in [6.07, 6.45) is 2.33. The number of Topliss-reactive ketones (excluding diaryl/α,β-unsaturated/α-hetero) is 1. The molecule has 0 saturated heterocycles. The highest BCUT2D eigenvalue weighted by Gasteiger charge is 2.35. The average molecular weight is 380 g/mol. The summed E-state index contributed by atoms with van der Waals surface area (Å²) >= 11 is 0. The largest absolute Gasteiger partial charge is 0.345 e. The summed E-state index contributed by atoms with van der Waals surface area (Å²) in [5.41, 5.74) is -0.279. The van der Waals surface area contributed by atoms with Crippen molar-refractivity contribution >= 4 is 18.1 Å². The standard InChI is InChI=1S/C20H29FN2O4/c1-5-6-7-15(12-23(27)13-24)19(26)22-18(20(2,3)4)17(25)14-8-10-16(21)11-9-14/h8-11,13,15,18,27H,5-7,12H2,1-4H3,(H,22,26)/t15-,18-/m1/s1. The third-order valence-corrected chi connectivity index (χ3v) is 4.35. The van der Waals surface area contributed by atoms with E-state index in [9.17, 15) is 24.0 Å². The van der Waals surface area contributed by atoms with E-state index in [2.05, 4.69) is 5.32 Å². The summed E-state index contributed by atoms with van der Waals surface area (Å²) in [5.74, 6) is -1.80. The van der Waals surface area contributed by atoms with Gasteiger partial charge in [0, 0.05) is 5.56 Å². The Labute approximate surface area is 159 Å². The normalized spacial score (nSPS) is 13.6. The molecule has 6 nitrogen and oxygen atoms in total. The molecule has 0 saturated carbocycles. The van der Waals surface area contributed by atoms with Crippen molar-refractivity contribution in [1.29, 1.82) is 0 Å². The van der Waals surface area contributed by atoms with Crippen LogP contribution >= 0.6 is 0 Å². The van der Waals surface area contributed by atoms with Crippen molar-refractivity contribution in [2.45, 2.75) is 53.0 Å². The fourth-order valence-corrected chi connectivity index (χ4v) is 2.74. The zero-order valence-electron chi connectivity index (χ0n) is 16.4. The third-order valence-electron chi connectivity index (χ3n) is 4.35. The van der Waals surface area contributed by atoms with E-state index in [4.69, 9.17) is 0 Å². The average Bonchev–Trinajstić information content (AvgIpc) is 2.61. The summed E-state index contributed by atoms with van der Waals surface area (Å²) in [4.78, 5) is 36.4. The first-order chi connectivity index (χ1) is 12.6. The maximum absolute atomic E-state index is 13.1. The van der Waals surface area contributed by atoms with E-state index in [0.29, 0.717) is 17.0 Å². The molecule has 0 fully saturated rings. The molecular formula is C20H29FN2O4. The lowest BCUT2D eigenvalue weighted by Crippen LogP contribution is -2.52. The molecule has 0 aliphatic carbocycles. The summed E-state index contributed by atoms with van der Waals surface area (Å²) in [6.45, 7) is 7.30. The minimum absolute atomic E-state index is 0.142. The van der Waals surface area contributed by atoms with E-state index in [1.807, 2.05) is 27.7 Å². The number of carbonyl (C=O) groups is 3. The van der Waals surface area contributed by atoms with Gasteiger partial charge in [0.2, 0.25) is 12.3 Å². The van der Waals surface area contributed by atoms with Gasteiger partial charge >= 0.3 is 0 Å². The number of hydrogen-bond donors (Lipinski definition) is 2. The molecule has 0 bridgehead atoms. The zero-order valence-corrected chi connectivity index (χ0v) is 16.4. The van der Waals surface area contributed by atoms with E-state index in [0.717, 1.165) is 12.8 Å². The molecule has 150 valence electrons. The van der Waals surface area contributed by atoms with Crippen LogP contribution in [0.15, 0.2) is 24.3 Å². The molecule has 0 spiro atoms. The smallest absolute Gasteiger partial charge is 0.233 e. The van der Waals surface area contributed by atoms with Crippen molar-refractivity contribution in [1.82, 2.24) is 10.4 Å². The van der Waals surface area contributed by atoms with Gasteiger partial charge in [-0.05, 0) is 36.1 Å². The summed E-state index contributed by atoms with van der Waals surface area (Å²) < 4.78 is 13.1. The van der Waals surface area contributed by atoms with Gasteiger partial charge < -0.3 is 5.32 Å². The number of hydroxylamine groups is 2. The minimum Gasteiger partial charge on any atom is -0.345 e. The third kappa shape index (κ3) is 7.09. The Balaban J connectivity index is 3.02. The van der Waals surface area contributed by atoms with Crippen LogP contribution in [-0.4, -0.2) is 41.0 Å². The molecular weight excluding hydrogens is 351 g/mol. The molecule has 0 heterocycles. The van der Waals surface area contributed by atoms with Crippen molar-refractivity contribution < 1.29 is 24.0 Å². The van der Waals surface area contributed by atoms with Crippen LogP contribution in [0.3, 0.4) is 0 Å². The van der Waals surface area contributed by atoms with Crippen LogP contribution in [0.25, 0.3) is 0 Å². The van der Waals surface area contributed by atoms with Crippen molar-refractivity contribution in [2.24, 2.45) is 11.3 Å². The van der Waals surface area contributed by atoms with Gasteiger partial charge in [-0.1, -0.05) is 40.5 Å². The van der Waals surface area contributed by atoms with Crippen LogP contribution in [0.5, 0.6) is 0 Å². The van der Waals surface area contributed by atoms with Crippen LogP contribution in [0.4, 0.5) is 4.39 Å². The Morgan fingerprint density at radius 1 is 1.26 bits per heavy atom. The monoisotopic (exact) mass is 380 g/mol. The summed E-state index contributed by atoms with van der Waals surface area (Å²) in [6, 6.07) is 4.35. The molecule has 0 aromatic heterocycles. The van der Waals surface area contributed by atoms with Crippen LogP contribution < -0.4 is 5.32 Å². The second-order valence-electron chi connectivity index (χ2n) is 7.75. The van der Waals surface area contributed by atoms with E-state index in [1.165, 1.54) is 24.3 Å². The maximum Gasteiger partial charge on any atom is 0.233 e. The topological polar surface area (TPSA) is 86.7 Å². The lowest BCUT2D eigenvalue weighted by Gasteiger charge is -2.32. The fraction of sp³-hybridized carbons (Fsp3) is 0.550. The first-order valence-electron chi connectivity index (χ1n) is 9.11. The number of ketones is 1. The van der Waals surface area contributed by atoms with Crippen LogP contribution in [0.1, 0.15) is 57.3 Å². The highest BCUT2D eigenvalue weighted by molar-refractivity contribution is 6.02. The molecule has 0 aliphatic heterocycles. The lowest BCUT2D eigenvalue weighted by atomic mass is 9.81. The second kappa shape index (κ2) is 10.2. The number of unbranched alkanes of at least 4 members (excludes halogenated alkanes) is 1. The maximum atomic E-state index is 13.1. The first-order valence-corrected chi connectivity index (χ1v) is 9.11. The first kappa shape index (κ1) is 22.8. The molecule has 0 unspecified atom stereocenters. The number of hydrogen-bond acceptors (Lipinski definition) is 4. The number of benzene rings is 1. The predicted molar refractivity (Wildman–Crippen MR) is 99.7 cm³/mol. The zero-order chi connectivity index (χ0) is 20.6. The lowest BCUT2D eigenvalue weighted by molar-refractivity contribution is -0.154. The molecule has 7 heteroatoms. The SMILES string of the molecule is CCCC[C@H](CN(O)C=O)C(=O)N[C@H](C(=O)c1ccc(F)cc1)C(C)(C)C. The number of halogens is 1. The minimum atomic E-state index is -0.831. The van der Waals surface area contributed by atoms with Crippen LogP contribution in [0, 0.1) is 17.2 Å².